The fourth-order valence-corrected chi connectivity index (χ4v) is 4.81. The fraction of sp³-hybridized carbons (Fsp3) is 0.310. The molecule has 3 rings (SSSR count). The molecule has 0 aliphatic carbocycles. The zero-order chi connectivity index (χ0) is 26.6. The molecule has 0 aromatic heterocycles. The molecule has 0 aliphatic heterocycles. The lowest BCUT2D eigenvalue weighted by Gasteiger charge is -2.32. The monoisotopic (exact) mass is 519 g/mol. The van der Waals surface area contributed by atoms with Crippen molar-refractivity contribution in [3.05, 3.63) is 111 Å². The number of amides is 2. The normalized spacial score (nSPS) is 11.5. The molecular formula is C29H33N3O4S. The van der Waals surface area contributed by atoms with Gasteiger partial charge in [-0.25, -0.2) is 0 Å². The number of aryl methyl sites for hydroxylation is 1. The van der Waals surface area contributed by atoms with E-state index < -0.39 is 11.0 Å². The Morgan fingerprint density at radius 3 is 2.30 bits per heavy atom. The van der Waals surface area contributed by atoms with Gasteiger partial charge in [0.1, 0.15) is 6.04 Å². The first-order valence-corrected chi connectivity index (χ1v) is 13.5. The number of carbonyl (C=O) groups is 2. The van der Waals surface area contributed by atoms with E-state index in [4.69, 9.17) is 0 Å². The van der Waals surface area contributed by atoms with Gasteiger partial charge in [-0.2, -0.15) is 0 Å². The number of nitro groups is 1. The first-order chi connectivity index (χ1) is 17.9. The largest absolute Gasteiger partial charge is 0.354 e. The van der Waals surface area contributed by atoms with Gasteiger partial charge in [0.15, 0.2) is 0 Å². The molecule has 7 nitrogen and oxygen atoms in total. The SMILES string of the molecule is CCCNC(=O)[C@H](Cc1ccccc1)N(Cc1ccccc1C)C(=O)CSCc1ccc([N+](=O)[O-])cc1. The number of benzene rings is 3. The Hall–Kier alpha value is -3.65. The molecule has 0 heterocycles. The van der Waals surface area contributed by atoms with Crippen LogP contribution in [0.1, 0.15) is 35.6 Å². The van der Waals surface area contributed by atoms with Gasteiger partial charge in [0.2, 0.25) is 11.8 Å². The van der Waals surface area contributed by atoms with E-state index in [1.807, 2.05) is 68.4 Å². The highest BCUT2D eigenvalue weighted by molar-refractivity contribution is 7.99. The number of hydrogen-bond acceptors (Lipinski definition) is 5. The van der Waals surface area contributed by atoms with E-state index >= 15 is 0 Å². The number of nitro benzene ring substituents is 1. The van der Waals surface area contributed by atoms with Crippen molar-refractivity contribution in [2.24, 2.45) is 0 Å². The Kier molecular flexibility index (Phi) is 10.7. The van der Waals surface area contributed by atoms with Gasteiger partial charge in [0.25, 0.3) is 5.69 Å². The minimum absolute atomic E-state index is 0.0380. The van der Waals surface area contributed by atoms with Crippen molar-refractivity contribution < 1.29 is 14.5 Å². The van der Waals surface area contributed by atoms with Gasteiger partial charge in [-0.3, -0.25) is 19.7 Å². The number of rotatable bonds is 13. The highest BCUT2D eigenvalue weighted by atomic mass is 32.2. The number of thioether (sulfide) groups is 1. The topological polar surface area (TPSA) is 92.6 Å². The summed E-state index contributed by atoms with van der Waals surface area (Å²) in [6.07, 6.45) is 1.22. The summed E-state index contributed by atoms with van der Waals surface area (Å²) in [5.74, 6) is 0.443. The second kappa shape index (κ2) is 14.2. The van der Waals surface area contributed by atoms with Crippen molar-refractivity contribution in [3.63, 3.8) is 0 Å². The van der Waals surface area contributed by atoms with E-state index in [2.05, 4.69) is 5.32 Å². The van der Waals surface area contributed by atoms with Crippen molar-refractivity contribution in [1.82, 2.24) is 10.2 Å². The second-order valence-corrected chi connectivity index (χ2v) is 9.85. The zero-order valence-corrected chi connectivity index (χ0v) is 22.1. The third-order valence-corrected chi connectivity index (χ3v) is 7.05. The third-order valence-electron chi connectivity index (χ3n) is 6.06. The van der Waals surface area contributed by atoms with Crippen LogP contribution in [0.2, 0.25) is 0 Å². The number of nitrogens with one attached hydrogen (secondary N) is 1. The van der Waals surface area contributed by atoms with E-state index in [1.165, 1.54) is 23.9 Å². The Bertz CT molecular complexity index is 1190. The van der Waals surface area contributed by atoms with Crippen LogP contribution in [0.15, 0.2) is 78.9 Å². The summed E-state index contributed by atoms with van der Waals surface area (Å²) in [4.78, 5) is 39.1. The number of nitrogens with zero attached hydrogens (tertiary/aromatic N) is 2. The van der Waals surface area contributed by atoms with Crippen LogP contribution in [-0.4, -0.2) is 40.0 Å². The van der Waals surface area contributed by atoms with E-state index in [1.54, 1.807) is 17.0 Å². The summed E-state index contributed by atoms with van der Waals surface area (Å²) in [5.41, 5.74) is 3.98. The average molecular weight is 520 g/mol. The summed E-state index contributed by atoms with van der Waals surface area (Å²) in [7, 11) is 0. The van der Waals surface area contributed by atoms with Crippen LogP contribution in [0.3, 0.4) is 0 Å². The molecular weight excluding hydrogens is 486 g/mol. The lowest BCUT2D eigenvalue weighted by molar-refractivity contribution is -0.384. The Morgan fingerprint density at radius 1 is 0.973 bits per heavy atom. The zero-order valence-electron chi connectivity index (χ0n) is 21.3. The van der Waals surface area contributed by atoms with Gasteiger partial charge < -0.3 is 10.2 Å². The number of non-ortho nitro benzene ring substituents is 1. The van der Waals surface area contributed by atoms with Crippen LogP contribution in [0.4, 0.5) is 5.69 Å². The molecule has 8 heteroatoms. The summed E-state index contributed by atoms with van der Waals surface area (Å²) in [6.45, 7) is 4.88. The summed E-state index contributed by atoms with van der Waals surface area (Å²) in [5, 5.41) is 13.9. The molecule has 37 heavy (non-hydrogen) atoms. The molecule has 0 aliphatic rings. The molecule has 3 aromatic carbocycles. The van der Waals surface area contributed by atoms with Crippen LogP contribution in [-0.2, 0) is 28.3 Å². The van der Waals surface area contributed by atoms with Crippen molar-refractivity contribution in [3.8, 4) is 0 Å². The number of hydrogen-bond donors (Lipinski definition) is 1. The van der Waals surface area contributed by atoms with Crippen LogP contribution in [0.25, 0.3) is 0 Å². The Morgan fingerprint density at radius 2 is 1.65 bits per heavy atom. The maximum Gasteiger partial charge on any atom is 0.269 e. The summed E-state index contributed by atoms with van der Waals surface area (Å²) >= 11 is 1.43. The average Bonchev–Trinajstić information content (AvgIpc) is 2.91. The fourth-order valence-electron chi connectivity index (χ4n) is 3.94. The molecule has 0 saturated heterocycles. The van der Waals surface area contributed by atoms with E-state index in [-0.39, 0.29) is 23.3 Å². The third kappa shape index (κ3) is 8.46. The predicted octanol–water partition coefficient (Wildman–Crippen LogP) is 5.30. The van der Waals surface area contributed by atoms with Gasteiger partial charge in [-0.1, -0.05) is 73.7 Å². The van der Waals surface area contributed by atoms with Crippen molar-refractivity contribution in [2.75, 3.05) is 12.3 Å². The molecule has 0 unspecified atom stereocenters. The maximum atomic E-state index is 13.6. The quantitative estimate of drug-likeness (QED) is 0.244. The molecule has 0 spiro atoms. The smallest absolute Gasteiger partial charge is 0.269 e. The summed E-state index contributed by atoms with van der Waals surface area (Å²) in [6, 6.07) is 23.3. The first-order valence-electron chi connectivity index (χ1n) is 12.4. The maximum absolute atomic E-state index is 13.6. The van der Waals surface area contributed by atoms with Crippen LogP contribution >= 0.6 is 11.8 Å². The Labute approximate surface area is 222 Å². The van der Waals surface area contributed by atoms with Gasteiger partial charge in [-0.05, 0) is 35.6 Å². The minimum atomic E-state index is -0.652. The molecule has 0 bridgehead atoms. The molecule has 0 radical (unpaired) electrons. The first kappa shape index (κ1) is 27.9. The lowest BCUT2D eigenvalue weighted by atomic mass is 10.0. The number of carbonyl (C=O) groups excluding carboxylic acids is 2. The second-order valence-electron chi connectivity index (χ2n) is 8.86. The van der Waals surface area contributed by atoms with Crippen molar-refractivity contribution >= 4 is 29.3 Å². The van der Waals surface area contributed by atoms with Gasteiger partial charge in [0, 0.05) is 37.4 Å². The van der Waals surface area contributed by atoms with Crippen LogP contribution in [0, 0.1) is 17.0 Å². The highest BCUT2D eigenvalue weighted by Crippen LogP contribution is 2.21. The standard InChI is InChI=1S/C29H33N3O4S/c1-3-17-30-29(34)27(18-23-10-5-4-6-11-23)31(19-25-12-8-7-9-22(25)2)28(33)21-37-20-24-13-15-26(16-14-24)32(35)36/h4-16,27H,3,17-21H2,1-2H3,(H,30,34)/t27-/m0/s1. The lowest BCUT2D eigenvalue weighted by Crippen LogP contribution is -2.51. The van der Waals surface area contributed by atoms with Gasteiger partial charge in [-0.15, -0.1) is 11.8 Å². The highest BCUT2D eigenvalue weighted by Gasteiger charge is 2.30. The molecule has 3 aromatic rings. The molecule has 0 fully saturated rings. The minimum Gasteiger partial charge on any atom is -0.354 e. The molecule has 2 amide bonds. The van der Waals surface area contributed by atoms with Crippen molar-refractivity contribution in [2.45, 2.75) is 45.0 Å². The van der Waals surface area contributed by atoms with E-state index in [0.717, 1.165) is 28.7 Å². The van der Waals surface area contributed by atoms with Gasteiger partial charge >= 0.3 is 0 Å². The summed E-state index contributed by atoms with van der Waals surface area (Å²) < 4.78 is 0. The van der Waals surface area contributed by atoms with E-state index in [9.17, 15) is 19.7 Å². The molecule has 0 saturated carbocycles. The van der Waals surface area contributed by atoms with E-state index in [0.29, 0.717) is 25.3 Å². The van der Waals surface area contributed by atoms with Crippen LogP contribution in [0.5, 0.6) is 0 Å². The van der Waals surface area contributed by atoms with Crippen LogP contribution < -0.4 is 5.32 Å². The molecule has 1 atom stereocenters. The Balaban J connectivity index is 1.81. The van der Waals surface area contributed by atoms with Gasteiger partial charge in [0.05, 0.1) is 10.7 Å². The molecule has 1 N–H and O–H groups in total. The van der Waals surface area contributed by atoms with Crippen molar-refractivity contribution in [1.29, 1.82) is 0 Å². The predicted molar refractivity (Wildman–Crippen MR) is 148 cm³/mol. The molecule has 194 valence electrons.